The molecule has 112 valence electrons. The minimum absolute atomic E-state index is 0.611. The molecule has 1 aliphatic heterocycles. The lowest BCUT2D eigenvalue weighted by molar-refractivity contribution is 0.247. The largest absolute Gasteiger partial charge is 0.481 e. The van der Waals surface area contributed by atoms with E-state index in [1.165, 1.54) is 5.69 Å². The summed E-state index contributed by atoms with van der Waals surface area (Å²) in [4.78, 5) is 17.6. The number of aryl methyl sites for hydroxylation is 1. The van der Waals surface area contributed by atoms with E-state index in [2.05, 4.69) is 37.1 Å². The predicted molar refractivity (Wildman–Crippen MR) is 82.9 cm³/mol. The van der Waals surface area contributed by atoms with Crippen molar-refractivity contribution in [2.24, 2.45) is 0 Å². The average molecular weight is 305 g/mol. The van der Waals surface area contributed by atoms with Crippen molar-refractivity contribution in [1.29, 1.82) is 0 Å². The van der Waals surface area contributed by atoms with Gasteiger partial charge in [0, 0.05) is 44.2 Å². The topological polar surface area (TPSA) is 54.4 Å². The second kappa shape index (κ2) is 6.36. The molecule has 1 saturated heterocycles. The van der Waals surface area contributed by atoms with Gasteiger partial charge in [-0.15, -0.1) is 11.3 Å². The molecule has 2 aromatic heterocycles. The molecule has 0 unspecified atom stereocenters. The molecule has 0 atom stereocenters. The molecular weight excluding hydrogens is 286 g/mol. The van der Waals surface area contributed by atoms with Crippen LogP contribution in [0.3, 0.4) is 0 Å². The lowest BCUT2D eigenvalue weighted by Crippen LogP contribution is -2.46. The normalized spacial score (nSPS) is 16.2. The number of rotatable bonds is 4. The van der Waals surface area contributed by atoms with Crippen molar-refractivity contribution in [1.82, 2.24) is 19.9 Å². The van der Waals surface area contributed by atoms with Crippen LogP contribution in [0.5, 0.6) is 5.88 Å². The van der Waals surface area contributed by atoms with Gasteiger partial charge in [-0.25, -0.2) is 15.0 Å². The summed E-state index contributed by atoms with van der Waals surface area (Å²) in [5, 5.41) is 3.29. The first-order valence-corrected chi connectivity index (χ1v) is 7.87. The molecule has 2 aromatic rings. The molecule has 0 bridgehead atoms. The number of ether oxygens (including phenoxy) is 1. The number of piperazine rings is 1. The van der Waals surface area contributed by atoms with Crippen molar-refractivity contribution in [2.45, 2.75) is 13.5 Å². The molecule has 0 aliphatic carbocycles. The van der Waals surface area contributed by atoms with E-state index in [0.29, 0.717) is 5.88 Å². The van der Waals surface area contributed by atoms with Crippen LogP contribution in [-0.4, -0.2) is 53.1 Å². The molecule has 0 saturated carbocycles. The van der Waals surface area contributed by atoms with Crippen molar-refractivity contribution in [3.63, 3.8) is 0 Å². The van der Waals surface area contributed by atoms with Gasteiger partial charge in [-0.1, -0.05) is 0 Å². The van der Waals surface area contributed by atoms with E-state index in [4.69, 9.17) is 4.74 Å². The van der Waals surface area contributed by atoms with Gasteiger partial charge in [0.25, 0.3) is 0 Å². The van der Waals surface area contributed by atoms with Crippen LogP contribution in [-0.2, 0) is 6.54 Å². The van der Waals surface area contributed by atoms with E-state index >= 15 is 0 Å². The first-order valence-electron chi connectivity index (χ1n) is 6.99. The van der Waals surface area contributed by atoms with Gasteiger partial charge < -0.3 is 9.64 Å². The van der Waals surface area contributed by atoms with Crippen molar-refractivity contribution < 1.29 is 4.74 Å². The van der Waals surface area contributed by atoms with Crippen molar-refractivity contribution in [2.75, 3.05) is 38.2 Å². The molecule has 0 spiro atoms. The Hall–Kier alpha value is -1.73. The fourth-order valence-corrected chi connectivity index (χ4v) is 3.06. The van der Waals surface area contributed by atoms with E-state index < -0.39 is 0 Å². The molecule has 0 amide bonds. The van der Waals surface area contributed by atoms with Crippen LogP contribution < -0.4 is 9.64 Å². The summed E-state index contributed by atoms with van der Waals surface area (Å²) in [6.07, 6.45) is 1.55. The third-order valence-corrected chi connectivity index (χ3v) is 4.41. The van der Waals surface area contributed by atoms with Gasteiger partial charge in [0.15, 0.2) is 0 Å². The Kier molecular flexibility index (Phi) is 4.31. The molecule has 1 aliphatic rings. The Morgan fingerprint density at radius 3 is 2.71 bits per heavy atom. The summed E-state index contributed by atoms with van der Waals surface area (Å²) < 4.78 is 5.15. The van der Waals surface area contributed by atoms with Crippen molar-refractivity contribution >= 4 is 17.2 Å². The molecular formula is C14H19N5OS. The molecule has 0 N–H and O–H groups in total. The predicted octanol–water partition coefficient (Wildman–Crippen LogP) is 1.57. The molecule has 6 nitrogen and oxygen atoms in total. The van der Waals surface area contributed by atoms with Crippen LogP contribution in [0.4, 0.5) is 5.82 Å². The Morgan fingerprint density at radius 1 is 1.24 bits per heavy atom. The third kappa shape index (κ3) is 3.48. The first kappa shape index (κ1) is 14.2. The van der Waals surface area contributed by atoms with Gasteiger partial charge in [-0.2, -0.15) is 0 Å². The highest BCUT2D eigenvalue weighted by Gasteiger charge is 2.19. The lowest BCUT2D eigenvalue weighted by Gasteiger charge is -2.35. The number of nitrogens with zero attached hydrogens (tertiary/aromatic N) is 5. The monoisotopic (exact) mass is 305 g/mol. The minimum atomic E-state index is 0.611. The highest BCUT2D eigenvalue weighted by molar-refractivity contribution is 7.09. The van der Waals surface area contributed by atoms with Crippen LogP contribution in [0.25, 0.3) is 0 Å². The lowest BCUT2D eigenvalue weighted by atomic mass is 10.3. The number of methoxy groups -OCH3 is 1. The molecule has 3 rings (SSSR count). The first-order chi connectivity index (χ1) is 10.2. The maximum absolute atomic E-state index is 5.15. The van der Waals surface area contributed by atoms with Crippen LogP contribution in [0.1, 0.15) is 10.7 Å². The summed E-state index contributed by atoms with van der Waals surface area (Å²) >= 11 is 1.72. The maximum Gasteiger partial charge on any atom is 0.218 e. The van der Waals surface area contributed by atoms with E-state index in [9.17, 15) is 0 Å². The van der Waals surface area contributed by atoms with Gasteiger partial charge in [0.05, 0.1) is 17.8 Å². The summed E-state index contributed by atoms with van der Waals surface area (Å²) in [5.41, 5.74) is 1.18. The van der Waals surface area contributed by atoms with Gasteiger partial charge in [0.2, 0.25) is 5.88 Å². The molecule has 1 fully saturated rings. The average Bonchev–Trinajstić information content (AvgIpc) is 2.93. The third-order valence-electron chi connectivity index (χ3n) is 3.59. The van der Waals surface area contributed by atoms with Crippen LogP contribution >= 0.6 is 11.3 Å². The van der Waals surface area contributed by atoms with E-state index in [1.807, 2.05) is 6.07 Å². The fraction of sp³-hybridized carbons (Fsp3) is 0.500. The van der Waals surface area contributed by atoms with Crippen molar-refractivity contribution in [3.05, 3.63) is 28.5 Å². The summed E-state index contributed by atoms with van der Waals surface area (Å²) in [6, 6.07) is 1.89. The zero-order chi connectivity index (χ0) is 14.7. The SMILES string of the molecule is COc1cc(N2CCN(Cc3csc(C)n3)CC2)ncn1. The number of hydrogen-bond acceptors (Lipinski definition) is 7. The zero-order valence-corrected chi connectivity index (χ0v) is 13.1. The molecule has 0 radical (unpaired) electrons. The second-order valence-electron chi connectivity index (χ2n) is 5.04. The quantitative estimate of drug-likeness (QED) is 0.855. The Bertz CT molecular complexity index is 595. The van der Waals surface area contributed by atoms with Gasteiger partial charge in [-0.3, -0.25) is 4.90 Å². The van der Waals surface area contributed by atoms with Crippen LogP contribution in [0.2, 0.25) is 0 Å². The second-order valence-corrected chi connectivity index (χ2v) is 6.10. The highest BCUT2D eigenvalue weighted by atomic mass is 32.1. The summed E-state index contributed by atoms with van der Waals surface area (Å²) in [7, 11) is 1.62. The molecule has 7 heteroatoms. The van der Waals surface area contributed by atoms with Gasteiger partial charge in [-0.05, 0) is 6.92 Å². The number of thiazole rings is 1. The fourth-order valence-electron chi connectivity index (χ4n) is 2.46. The molecule has 0 aromatic carbocycles. The highest BCUT2D eigenvalue weighted by Crippen LogP contribution is 2.18. The number of hydrogen-bond donors (Lipinski definition) is 0. The Morgan fingerprint density at radius 2 is 2.05 bits per heavy atom. The molecule has 3 heterocycles. The summed E-state index contributed by atoms with van der Waals surface area (Å²) in [5.74, 6) is 1.55. The smallest absolute Gasteiger partial charge is 0.218 e. The zero-order valence-electron chi connectivity index (χ0n) is 12.3. The van der Waals surface area contributed by atoms with E-state index in [1.54, 1.807) is 24.8 Å². The van der Waals surface area contributed by atoms with E-state index in [-0.39, 0.29) is 0 Å². The van der Waals surface area contributed by atoms with Gasteiger partial charge >= 0.3 is 0 Å². The van der Waals surface area contributed by atoms with Gasteiger partial charge in [0.1, 0.15) is 12.1 Å². The standard InChI is InChI=1S/C14H19N5OS/c1-11-17-12(9-21-11)8-18-3-5-19(6-4-18)13-7-14(20-2)16-10-15-13/h7,9-10H,3-6,8H2,1-2H3. The van der Waals surface area contributed by atoms with Crippen LogP contribution in [0.15, 0.2) is 17.8 Å². The number of anilines is 1. The molecule has 21 heavy (non-hydrogen) atoms. The minimum Gasteiger partial charge on any atom is -0.481 e. The van der Waals surface area contributed by atoms with Crippen molar-refractivity contribution in [3.8, 4) is 5.88 Å². The Balaban J connectivity index is 1.57. The van der Waals surface area contributed by atoms with E-state index in [0.717, 1.165) is 43.5 Å². The summed E-state index contributed by atoms with van der Waals surface area (Å²) in [6.45, 7) is 6.94. The Labute approximate surface area is 128 Å². The van der Waals surface area contributed by atoms with Crippen LogP contribution in [0, 0.1) is 6.92 Å². The maximum atomic E-state index is 5.15. The number of aromatic nitrogens is 3.